The molecule has 11 heteroatoms. The zero-order valence-electron chi connectivity index (χ0n) is 12.9. The number of rotatable bonds is 8. The Morgan fingerprint density at radius 1 is 1.17 bits per heavy atom. The highest BCUT2D eigenvalue weighted by atomic mass is 16.6. The molecule has 1 rings (SSSR count). The summed E-state index contributed by atoms with van der Waals surface area (Å²) in [7, 11) is 0. The Balaban J connectivity index is 3.41. The number of esters is 1. The molecule has 0 amide bonds. The van der Waals surface area contributed by atoms with E-state index < -0.39 is 38.7 Å². The molecule has 0 saturated heterocycles. The highest BCUT2D eigenvalue weighted by Crippen LogP contribution is 2.33. The van der Waals surface area contributed by atoms with Gasteiger partial charge in [-0.05, 0) is 12.5 Å². The number of hydrogen-bond acceptors (Lipinski definition) is 8. The van der Waals surface area contributed by atoms with E-state index in [2.05, 4.69) is 0 Å². The molecule has 0 bridgehead atoms. The van der Waals surface area contributed by atoms with Crippen LogP contribution in [-0.4, -0.2) is 39.4 Å². The average molecular weight is 341 g/mol. The van der Waals surface area contributed by atoms with Crippen LogP contribution >= 0.6 is 0 Å². The molecule has 2 atom stereocenters. The first-order valence-corrected chi connectivity index (χ1v) is 6.82. The van der Waals surface area contributed by atoms with E-state index in [1.54, 1.807) is 0 Å². The fraction of sp³-hybridized carbons (Fsp3) is 0.462. The molecule has 130 valence electrons. The summed E-state index contributed by atoms with van der Waals surface area (Å²) in [5, 5.41) is 33.1. The SMILES string of the molecule is CCOC(=O)[C@](C)([C@H](C[N+](=O)[O-])c1ccc([N+](=O)[O-])cc1)[N+](=O)[O-]. The van der Waals surface area contributed by atoms with E-state index >= 15 is 0 Å². The Morgan fingerprint density at radius 3 is 2.08 bits per heavy atom. The molecule has 0 aliphatic carbocycles. The molecule has 24 heavy (non-hydrogen) atoms. The highest BCUT2D eigenvalue weighted by Gasteiger charge is 2.57. The van der Waals surface area contributed by atoms with Gasteiger partial charge in [0.2, 0.25) is 6.54 Å². The first kappa shape index (κ1) is 18.9. The van der Waals surface area contributed by atoms with Gasteiger partial charge in [-0.15, -0.1) is 0 Å². The van der Waals surface area contributed by atoms with Crippen molar-refractivity contribution in [1.82, 2.24) is 0 Å². The lowest BCUT2D eigenvalue weighted by Gasteiger charge is -2.25. The van der Waals surface area contributed by atoms with Crippen LogP contribution < -0.4 is 0 Å². The number of benzene rings is 1. The summed E-state index contributed by atoms with van der Waals surface area (Å²) in [5.74, 6) is -2.66. The van der Waals surface area contributed by atoms with Crippen LogP contribution in [0.1, 0.15) is 25.3 Å². The predicted octanol–water partition coefficient (Wildman–Crippen LogP) is 1.55. The van der Waals surface area contributed by atoms with Gasteiger partial charge in [-0.3, -0.25) is 30.3 Å². The van der Waals surface area contributed by atoms with Crippen molar-refractivity contribution in [3.8, 4) is 0 Å². The first-order valence-electron chi connectivity index (χ1n) is 6.82. The van der Waals surface area contributed by atoms with Gasteiger partial charge in [0.25, 0.3) is 5.69 Å². The number of carbonyl (C=O) groups excluding carboxylic acids is 1. The van der Waals surface area contributed by atoms with Crippen LogP contribution in [0, 0.1) is 30.3 Å². The Morgan fingerprint density at radius 2 is 1.71 bits per heavy atom. The lowest BCUT2D eigenvalue weighted by molar-refractivity contribution is -0.570. The highest BCUT2D eigenvalue weighted by molar-refractivity contribution is 5.80. The predicted molar refractivity (Wildman–Crippen MR) is 79.7 cm³/mol. The molecule has 0 heterocycles. The van der Waals surface area contributed by atoms with E-state index in [0.29, 0.717) is 0 Å². The normalized spacial score (nSPS) is 14.2. The van der Waals surface area contributed by atoms with Crippen LogP contribution in [-0.2, 0) is 9.53 Å². The summed E-state index contributed by atoms with van der Waals surface area (Å²) >= 11 is 0. The van der Waals surface area contributed by atoms with Crippen molar-refractivity contribution in [3.05, 3.63) is 60.2 Å². The Bertz CT molecular complexity index is 660. The average Bonchev–Trinajstić information content (AvgIpc) is 2.51. The van der Waals surface area contributed by atoms with Gasteiger partial charge in [0.1, 0.15) is 5.92 Å². The zero-order valence-corrected chi connectivity index (χ0v) is 12.9. The van der Waals surface area contributed by atoms with Crippen molar-refractivity contribution in [2.75, 3.05) is 13.2 Å². The third-order valence-corrected chi connectivity index (χ3v) is 3.58. The number of non-ortho nitro benzene ring substituents is 1. The number of ether oxygens (including phenoxy) is 1. The third kappa shape index (κ3) is 3.80. The molecule has 0 spiro atoms. The summed E-state index contributed by atoms with van der Waals surface area (Å²) in [6, 6.07) is 4.45. The van der Waals surface area contributed by atoms with Gasteiger partial charge in [0.05, 0.1) is 11.5 Å². The Hall–Kier alpha value is -3.11. The minimum Gasteiger partial charge on any atom is -0.461 e. The Kier molecular flexibility index (Phi) is 5.87. The van der Waals surface area contributed by atoms with E-state index in [0.717, 1.165) is 31.2 Å². The van der Waals surface area contributed by atoms with Crippen LogP contribution in [0.4, 0.5) is 5.69 Å². The molecule has 0 radical (unpaired) electrons. The number of hydrogen-bond donors (Lipinski definition) is 0. The maximum atomic E-state index is 12.1. The molecular weight excluding hydrogens is 326 g/mol. The second kappa shape index (κ2) is 7.44. The van der Waals surface area contributed by atoms with Crippen molar-refractivity contribution >= 4 is 11.7 Å². The fourth-order valence-corrected chi connectivity index (χ4v) is 2.21. The fourth-order valence-electron chi connectivity index (χ4n) is 2.21. The molecule has 0 unspecified atom stereocenters. The number of nitrogens with zero attached hydrogens (tertiary/aromatic N) is 3. The third-order valence-electron chi connectivity index (χ3n) is 3.58. The first-order chi connectivity index (χ1) is 11.1. The van der Waals surface area contributed by atoms with Gasteiger partial charge in [0, 0.05) is 28.9 Å². The molecular formula is C13H15N3O8. The van der Waals surface area contributed by atoms with Gasteiger partial charge in [-0.1, -0.05) is 12.1 Å². The van der Waals surface area contributed by atoms with E-state index in [4.69, 9.17) is 4.74 Å². The van der Waals surface area contributed by atoms with Crippen LogP contribution in [0.15, 0.2) is 24.3 Å². The lowest BCUT2D eigenvalue weighted by atomic mass is 9.80. The van der Waals surface area contributed by atoms with Crippen LogP contribution in [0.3, 0.4) is 0 Å². The molecule has 1 aromatic rings. The molecule has 0 fully saturated rings. The van der Waals surface area contributed by atoms with Gasteiger partial charge in [0.15, 0.2) is 0 Å². The van der Waals surface area contributed by atoms with Gasteiger partial charge < -0.3 is 4.74 Å². The van der Waals surface area contributed by atoms with Crippen molar-refractivity contribution in [2.45, 2.75) is 25.3 Å². The van der Waals surface area contributed by atoms with Crippen molar-refractivity contribution < 1.29 is 24.3 Å². The molecule has 11 nitrogen and oxygen atoms in total. The van der Waals surface area contributed by atoms with Crippen molar-refractivity contribution in [1.29, 1.82) is 0 Å². The smallest absolute Gasteiger partial charge is 0.385 e. The second-order valence-electron chi connectivity index (χ2n) is 5.04. The molecule has 0 aromatic heterocycles. The largest absolute Gasteiger partial charge is 0.461 e. The van der Waals surface area contributed by atoms with Crippen molar-refractivity contribution in [2.24, 2.45) is 0 Å². The summed E-state index contributed by atoms with van der Waals surface area (Å²) < 4.78 is 4.70. The van der Waals surface area contributed by atoms with E-state index in [1.807, 2.05) is 0 Å². The minimum absolute atomic E-state index is 0.0598. The van der Waals surface area contributed by atoms with Gasteiger partial charge >= 0.3 is 11.5 Å². The molecule has 1 aromatic carbocycles. The summed E-state index contributed by atoms with van der Waals surface area (Å²) in [4.78, 5) is 42.8. The standard InChI is InChI=1S/C13H15N3O8/c1-3-24-12(17)13(2,16(22)23)11(8-14(18)19)9-4-6-10(7-5-9)15(20)21/h4-7,11H,3,8H2,1-2H3/t11-,13+/m1/s1. The van der Waals surface area contributed by atoms with E-state index in [-0.39, 0.29) is 17.9 Å². The van der Waals surface area contributed by atoms with Crippen LogP contribution in [0.25, 0.3) is 0 Å². The van der Waals surface area contributed by atoms with E-state index in [1.165, 1.54) is 6.92 Å². The van der Waals surface area contributed by atoms with Gasteiger partial charge in [-0.25, -0.2) is 4.79 Å². The van der Waals surface area contributed by atoms with Crippen LogP contribution in [0.5, 0.6) is 0 Å². The number of nitro benzene ring substituents is 1. The molecule has 0 aliphatic heterocycles. The Labute approximate surface area is 135 Å². The summed E-state index contributed by atoms with van der Waals surface area (Å²) in [6.45, 7) is 1.36. The van der Waals surface area contributed by atoms with Crippen LogP contribution in [0.2, 0.25) is 0 Å². The maximum absolute atomic E-state index is 12.1. The summed E-state index contributed by atoms with van der Waals surface area (Å²) in [5.41, 5.74) is -2.62. The monoisotopic (exact) mass is 341 g/mol. The number of nitro groups is 3. The topological polar surface area (TPSA) is 156 Å². The lowest BCUT2D eigenvalue weighted by Crippen LogP contribution is -2.51. The maximum Gasteiger partial charge on any atom is 0.385 e. The second-order valence-corrected chi connectivity index (χ2v) is 5.04. The minimum atomic E-state index is -2.40. The summed E-state index contributed by atoms with van der Waals surface area (Å²) in [6.07, 6.45) is 0. The van der Waals surface area contributed by atoms with Gasteiger partial charge in [-0.2, -0.15) is 0 Å². The van der Waals surface area contributed by atoms with E-state index in [9.17, 15) is 35.1 Å². The zero-order chi connectivity index (χ0) is 18.5. The van der Waals surface area contributed by atoms with Crippen molar-refractivity contribution in [3.63, 3.8) is 0 Å². The quantitative estimate of drug-likeness (QED) is 0.391. The number of carbonyl (C=O) groups is 1. The molecule has 0 saturated carbocycles. The molecule has 0 N–H and O–H groups in total. The molecule has 0 aliphatic rings.